The molecule has 4 heteroatoms. The van der Waals surface area contributed by atoms with Crippen LogP contribution in [0.5, 0.6) is 5.75 Å². The molecule has 0 amide bonds. The maximum Gasteiger partial charge on any atom is 0.338 e. The van der Waals surface area contributed by atoms with Crippen LogP contribution in [0.1, 0.15) is 22.8 Å². The zero-order valence-electron chi connectivity index (χ0n) is 16.0. The first-order valence-corrected chi connectivity index (χ1v) is 10.5. The number of carbonyl (C=O) groups excluding carboxylic acids is 1. The summed E-state index contributed by atoms with van der Waals surface area (Å²) >= 11 is 1.86. The van der Waals surface area contributed by atoms with E-state index in [9.17, 15) is 4.79 Å². The summed E-state index contributed by atoms with van der Waals surface area (Å²) in [6.07, 6.45) is 0. The third kappa shape index (κ3) is 5.89. The van der Waals surface area contributed by atoms with Gasteiger partial charge in [0.15, 0.2) is 0 Å². The largest absolute Gasteiger partial charge is 0.493 e. The molecule has 0 aromatic heterocycles. The average molecular weight is 393 g/mol. The Kier molecular flexibility index (Phi) is 7.56. The Bertz CT molecular complexity index is 876. The molecule has 3 nitrogen and oxygen atoms in total. The summed E-state index contributed by atoms with van der Waals surface area (Å²) in [6.45, 7) is 2.89. The fourth-order valence-corrected chi connectivity index (χ4v) is 3.54. The monoisotopic (exact) mass is 392 g/mol. The molecule has 0 atom stereocenters. The maximum absolute atomic E-state index is 11.8. The Hall–Kier alpha value is -2.72. The SMILES string of the molecule is CCOC(=O)c1ccc(-c2cccc(CSCCOc3ccccc3)c2)cc1. The lowest BCUT2D eigenvalue weighted by atomic mass is 10.0. The number of hydrogen-bond acceptors (Lipinski definition) is 4. The van der Waals surface area contributed by atoms with Gasteiger partial charge in [0.2, 0.25) is 0 Å². The van der Waals surface area contributed by atoms with Crippen molar-refractivity contribution in [3.05, 3.63) is 90.0 Å². The number of benzene rings is 3. The standard InChI is InChI=1S/C24H24O3S/c1-2-26-24(25)21-13-11-20(12-14-21)22-8-6-7-19(17-22)18-28-16-15-27-23-9-4-3-5-10-23/h3-14,17H,2,15-16,18H2,1H3. The lowest BCUT2D eigenvalue weighted by Crippen LogP contribution is -2.04. The van der Waals surface area contributed by atoms with Crippen LogP contribution in [0.2, 0.25) is 0 Å². The maximum atomic E-state index is 11.8. The minimum Gasteiger partial charge on any atom is -0.493 e. The molecule has 0 fully saturated rings. The van der Waals surface area contributed by atoms with Crippen LogP contribution in [0, 0.1) is 0 Å². The van der Waals surface area contributed by atoms with Gasteiger partial charge in [0, 0.05) is 11.5 Å². The second-order valence-electron chi connectivity index (χ2n) is 6.21. The molecule has 0 unspecified atom stereocenters. The fraction of sp³-hybridized carbons (Fsp3) is 0.208. The van der Waals surface area contributed by atoms with Crippen molar-refractivity contribution < 1.29 is 14.3 Å². The number of para-hydroxylation sites is 1. The fourth-order valence-electron chi connectivity index (χ4n) is 2.78. The molecule has 0 radical (unpaired) electrons. The molecule has 0 heterocycles. The van der Waals surface area contributed by atoms with E-state index in [4.69, 9.17) is 9.47 Å². The van der Waals surface area contributed by atoms with Gasteiger partial charge in [0.25, 0.3) is 0 Å². The van der Waals surface area contributed by atoms with Crippen LogP contribution < -0.4 is 4.74 Å². The summed E-state index contributed by atoms with van der Waals surface area (Å²) in [7, 11) is 0. The van der Waals surface area contributed by atoms with Crippen molar-refractivity contribution in [1.29, 1.82) is 0 Å². The van der Waals surface area contributed by atoms with E-state index in [0.29, 0.717) is 18.8 Å². The first-order chi connectivity index (χ1) is 13.8. The molecule has 0 saturated carbocycles. The summed E-state index contributed by atoms with van der Waals surface area (Å²) < 4.78 is 10.8. The number of esters is 1. The highest BCUT2D eigenvalue weighted by Gasteiger charge is 2.06. The van der Waals surface area contributed by atoms with E-state index in [2.05, 4.69) is 24.3 Å². The van der Waals surface area contributed by atoms with E-state index in [1.54, 1.807) is 0 Å². The molecule has 0 saturated heterocycles. The Labute approximate surface area is 170 Å². The number of rotatable bonds is 9. The van der Waals surface area contributed by atoms with Crippen LogP contribution >= 0.6 is 11.8 Å². The van der Waals surface area contributed by atoms with Gasteiger partial charge in [-0.25, -0.2) is 4.79 Å². The Morgan fingerprint density at radius 3 is 2.43 bits per heavy atom. The van der Waals surface area contributed by atoms with Crippen molar-refractivity contribution in [2.45, 2.75) is 12.7 Å². The second kappa shape index (κ2) is 10.6. The summed E-state index contributed by atoms with van der Waals surface area (Å²) in [6, 6.07) is 26.0. The predicted octanol–water partition coefficient (Wildman–Crippen LogP) is 5.84. The number of hydrogen-bond donors (Lipinski definition) is 0. The third-order valence-corrected chi connectivity index (χ3v) is 5.16. The normalized spacial score (nSPS) is 10.5. The lowest BCUT2D eigenvalue weighted by Gasteiger charge is -2.08. The van der Waals surface area contributed by atoms with Gasteiger partial charge in [-0.2, -0.15) is 11.8 Å². The number of thioether (sulfide) groups is 1. The molecule has 0 spiro atoms. The highest BCUT2D eigenvalue weighted by molar-refractivity contribution is 7.98. The minimum atomic E-state index is -0.281. The average Bonchev–Trinajstić information content (AvgIpc) is 2.75. The highest BCUT2D eigenvalue weighted by Crippen LogP contribution is 2.23. The molecular formula is C24H24O3S. The van der Waals surface area contributed by atoms with Crippen molar-refractivity contribution in [2.75, 3.05) is 19.0 Å². The lowest BCUT2D eigenvalue weighted by molar-refractivity contribution is 0.0526. The van der Waals surface area contributed by atoms with Gasteiger partial charge in [0.1, 0.15) is 5.75 Å². The molecule has 3 aromatic rings. The Morgan fingerprint density at radius 1 is 0.893 bits per heavy atom. The zero-order valence-corrected chi connectivity index (χ0v) is 16.8. The van der Waals surface area contributed by atoms with E-state index in [-0.39, 0.29) is 5.97 Å². The molecule has 0 bridgehead atoms. The van der Waals surface area contributed by atoms with Gasteiger partial charge in [-0.1, -0.05) is 54.6 Å². The van der Waals surface area contributed by atoms with Crippen LogP contribution in [0.4, 0.5) is 0 Å². The van der Waals surface area contributed by atoms with Crippen molar-refractivity contribution in [2.24, 2.45) is 0 Å². The first kappa shape index (κ1) is 20.0. The molecule has 0 aliphatic heterocycles. The van der Waals surface area contributed by atoms with Gasteiger partial charge < -0.3 is 9.47 Å². The molecule has 3 aromatic carbocycles. The van der Waals surface area contributed by atoms with E-state index >= 15 is 0 Å². The Morgan fingerprint density at radius 2 is 1.68 bits per heavy atom. The zero-order chi connectivity index (χ0) is 19.6. The quantitative estimate of drug-likeness (QED) is 0.338. The van der Waals surface area contributed by atoms with Gasteiger partial charge in [0.05, 0.1) is 18.8 Å². The van der Waals surface area contributed by atoms with Crippen LogP contribution in [0.25, 0.3) is 11.1 Å². The molecule has 3 rings (SSSR count). The van der Waals surface area contributed by atoms with Crippen molar-refractivity contribution >= 4 is 17.7 Å². The van der Waals surface area contributed by atoms with E-state index in [1.807, 2.05) is 73.3 Å². The van der Waals surface area contributed by atoms with Crippen LogP contribution in [-0.4, -0.2) is 24.9 Å². The molecule has 0 aliphatic carbocycles. The molecule has 28 heavy (non-hydrogen) atoms. The molecule has 144 valence electrons. The van der Waals surface area contributed by atoms with Gasteiger partial charge >= 0.3 is 5.97 Å². The van der Waals surface area contributed by atoms with Crippen molar-refractivity contribution in [3.8, 4) is 16.9 Å². The van der Waals surface area contributed by atoms with E-state index in [1.165, 1.54) is 5.56 Å². The van der Waals surface area contributed by atoms with Crippen molar-refractivity contribution in [1.82, 2.24) is 0 Å². The van der Waals surface area contributed by atoms with Crippen molar-refractivity contribution in [3.63, 3.8) is 0 Å². The predicted molar refractivity (Wildman–Crippen MR) is 116 cm³/mol. The first-order valence-electron chi connectivity index (χ1n) is 9.38. The minimum absolute atomic E-state index is 0.281. The topological polar surface area (TPSA) is 35.5 Å². The van der Waals surface area contributed by atoms with Gasteiger partial charge in [-0.05, 0) is 47.9 Å². The molecule has 0 aliphatic rings. The van der Waals surface area contributed by atoms with E-state index in [0.717, 1.165) is 28.4 Å². The summed E-state index contributed by atoms with van der Waals surface area (Å²) in [5.41, 5.74) is 4.09. The van der Waals surface area contributed by atoms with Crippen LogP contribution in [0.15, 0.2) is 78.9 Å². The second-order valence-corrected chi connectivity index (χ2v) is 7.32. The van der Waals surface area contributed by atoms with Gasteiger partial charge in [-0.3, -0.25) is 0 Å². The summed E-state index contributed by atoms with van der Waals surface area (Å²) in [5, 5.41) is 0. The van der Waals surface area contributed by atoms with Crippen LogP contribution in [0.3, 0.4) is 0 Å². The van der Waals surface area contributed by atoms with Crippen LogP contribution in [-0.2, 0) is 10.5 Å². The third-order valence-electron chi connectivity index (χ3n) is 4.16. The summed E-state index contributed by atoms with van der Waals surface area (Å²) in [5.74, 6) is 2.51. The van der Waals surface area contributed by atoms with E-state index < -0.39 is 0 Å². The number of ether oxygens (including phenoxy) is 2. The highest BCUT2D eigenvalue weighted by atomic mass is 32.2. The summed E-state index contributed by atoms with van der Waals surface area (Å²) in [4.78, 5) is 11.8. The molecular weight excluding hydrogens is 368 g/mol. The smallest absolute Gasteiger partial charge is 0.338 e. The van der Waals surface area contributed by atoms with Gasteiger partial charge in [-0.15, -0.1) is 0 Å². The molecule has 0 N–H and O–H groups in total. The number of carbonyl (C=O) groups is 1. The Balaban J connectivity index is 1.51.